The van der Waals surface area contributed by atoms with Gasteiger partial charge in [0.1, 0.15) is 12.4 Å². The van der Waals surface area contributed by atoms with E-state index in [1.54, 1.807) is 22.3 Å². The summed E-state index contributed by atoms with van der Waals surface area (Å²) in [5, 5.41) is 3.01. The Balaban J connectivity index is 2.01. The Morgan fingerprint density at radius 3 is 2.82 bits per heavy atom. The lowest BCUT2D eigenvalue weighted by atomic mass is 10.1. The van der Waals surface area contributed by atoms with Crippen LogP contribution in [0, 0.1) is 12.8 Å². The summed E-state index contributed by atoms with van der Waals surface area (Å²) in [6, 6.07) is 7.31. The molecular formula is C17H22N2O2S. The molecule has 1 heterocycles. The number of aryl methyl sites for hydroxylation is 1. The Bertz CT molecular complexity index is 637. The van der Waals surface area contributed by atoms with Crippen molar-refractivity contribution in [2.75, 3.05) is 13.6 Å². The van der Waals surface area contributed by atoms with E-state index < -0.39 is 0 Å². The fourth-order valence-electron chi connectivity index (χ4n) is 2.20. The standard InChI is InChI=1S/C17H22N2O2S/c1-12(2)9-19(4)17(20)14-6-5-7-16(8-14)21-10-15-11-22-13(3)18-15/h5-8,11-12H,9-10H2,1-4H3. The van der Waals surface area contributed by atoms with Crippen molar-refractivity contribution in [3.8, 4) is 5.75 Å². The molecule has 2 aromatic rings. The van der Waals surface area contributed by atoms with Crippen molar-refractivity contribution in [3.63, 3.8) is 0 Å². The molecule has 1 aromatic heterocycles. The minimum absolute atomic E-state index is 0.0173. The molecule has 0 atom stereocenters. The predicted molar refractivity (Wildman–Crippen MR) is 89.4 cm³/mol. The van der Waals surface area contributed by atoms with Gasteiger partial charge in [-0.3, -0.25) is 4.79 Å². The second-order valence-electron chi connectivity index (χ2n) is 5.75. The fraction of sp³-hybridized carbons (Fsp3) is 0.412. The van der Waals surface area contributed by atoms with Gasteiger partial charge in [-0.25, -0.2) is 4.98 Å². The van der Waals surface area contributed by atoms with Crippen LogP contribution in [0.1, 0.15) is 34.9 Å². The first kappa shape index (κ1) is 16.5. The molecule has 1 aromatic carbocycles. The third-order valence-corrected chi connectivity index (χ3v) is 3.94. The van der Waals surface area contributed by atoms with Crippen molar-refractivity contribution in [1.82, 2.24) is 9.88 Å². The van der Waals surface area contributed by atoms with Crippen molar-refractivity contribution in [2.24, 2.45) is 5.92 Å². The number of amides is 1. The highest BCUT2D eigenvalue weighted by Gasteiger charge is 2.13. The van der Waals surface area contributed by atoms with E-state index in [9.17, 15) is 4.79 Å². The van der Waals surface area contributed by atoms with E-state index in [2.05, 4.69) is 18.8 Å². The van der Waals surface area contributed by atoms with Crippen LogP contribution in [0.3, 0.4) is 0 Å². The molecule has 22 heavy (non-hydrogen) atoms. The Hall–Kier alpha value is -1.88. The van der Waals surface area contributed by atoms with Crippen LogP contribution in [-0.2, 0) is 6.61 Å². The van der Waals surface area contributed by atoms with E-state index in [4.69, 9.17) is 4.74 Å². The lowest BCUT2D eigenvalue weighted by Crippen LogP contribution is -2.30. The van der Waals surface area contributed by atoms with Crippen LogP contribution in [-0.4, -0.2) is 29.4 Å². The maximum absolute atomic E-state index is 12.4. The van der Waals surface area contributed by atoms with E-state index in [-0.39, 0.29) is 5.91 Å². The highest BCUT2D eigenvalue weighted by Crippen LogP contribution is 2.17. The average Bonchev–Trinajstić information content (AvgIpc) is 2.89. The first-order chi connectivity index (χ1) is 10.5. The van der Waals surface area contributed by atoms with Crippen LogP contribution in [0.2, 0.25) is 0 Å². The summed E-state index contributed by atoms with van der Waals surface area (Å²) in [4.78, 5) is 18.5. The van der Waals surface area contributed by atoms with E-state index in [1.807, 2.05) is 37.6 Å². The summed E-state index contributed by atoms with van der Waals surface area (Å²) in [6.07, 6.45) is 0. The highest BCUT2D eigenvalue weighted by molar-refractivity contribution is 7.09. The van der Waals surface area contributed by atoms with Gasteiger partial charge < -0.3 is 9.64 Å². The van der Waals surface area contributed by atoms with Crippen LogP contribution in [0.15, 0.2) is 29.6 Å². The molecule has 0 spiro atoms. The molecule has 1 amide bonds. The SMILES string of the molecule is Cc1nc(COc2cccc(C(=O)N(C)CC(C)C)c2)cs1. The minimum Gasteiger partial charge on any atom is -0.487 e. The van der Waals surface area contributed by atoms with Gasteiger partial charge in [-0.2, -0.15) is 0 Å². The lowest BCUT2D eigenvalue weighted by Gasteiger charge is -2.19. The van der Waals surface area contributed by atoms with Gasteiger partial charge in [-0.05, 0) is 31.0 Å². The number of aromatic nitrogens is 1. The number of carbonyl (C=O) groups is 1. The van der Waals surface area contributed by atoms with Gasteiger partial charge in [-0.15, -0.1) is 11.3 Å². The number of benzene rings is 1. The van der Waals surface area contributed by atoms with Crippen molar-refractivity contribution < 1.29 is 9.53 Å². The maximum Gasteiger partial charge on any atom is 0.253 e. The Morgan fingerprint density at radius 2 is 2.18 bits per heavy atom. The summed E-state index contributed by atoms with van der Waals surface area (Å²) in [6.45, 7) is 7.32. The van der Waals surface area contributed by atoms with Crippen LogP contribution in [0.4, 0.5) is 0 Å². The second-order valence-corrected chi connectivity index (χ2v) is 6.82. The van der Waals surface area contributed by atoms with Crippen LogP contribution in [0.5, 0.6) is 5.75 Å². The molecule has 0 aliphatic rings. The van der Waals surface area contributed by atoms with Crippen molar-refractivity contribution in [1.29, 1.82) is 0 Å². The number of nitrogens with zero attached hydrogens (tertiary/aromatic N) is 2. The molecule has 118 valence electrons. The van der Waals surface area contributed by atoms with Gasteiger partial charge in [0.15, 0.2) is 0 Å². The summed E-state index contributed by atoms with van der Waals surface area (Å²) in [7, 11) is 1.83. The fourth-order valence-corrected chi connectivity index (χ4v) is 2.80. The predicted octanol–water partition coefficient (Wildman–Crippen LogP) is 3.76. The largest absolute Gasteiger partial charge is 0.487 e. The van der Waals surface area contributed by atoms with Gasteiger partial charge in [0.25, 0.3) is 5.91 Å². The summed E-state index contributed by atoms with van der Waals surface area (Å²) >= 11 is 1.61. The monoisotopic (exact) mass is 318 g/mol. The maximum atomic E-state index is 12.4. The number of thiazole rings is 1. The smallest absolute Gasteiger partial charge is 0.253 e. The zero-order valence-electron chi connectivity index (χ0n) is 13.5. The Labute approximate surface area is 135 Å². The number of rotatable bonds is 6. The molecule has 5 heteroatoms. The van der Waals surface area contributed by atoms with Crippen LogP contribution >= 0.6 is 11.3 Å². The van der Waals surface area contributed by atoms with Gasteiger partial charge in [0, 0.05) is 24.5 Å². The molecule has 0 N–H and O–H groups in total. The van der Waals surface area contributed by atoms with Gasteiger partial charge >= 0.3 is 0 Å². The molecule has 2 rings (SSSR count). The van der Waals surface area contributed by atoms with Crippen LogP contribution in [0.25, 0.3) is 0 Å². The summed E-state index contributed by atoms with van der Waals surface area (Å²) in [5.74, 6) is 1.15. The molecule has 0 radical (unpaired) electrons. The van der Waals surface area contributed by atoms with Crippen molar-refractivity contribution in [2.45, 2.75) is 27.4 Å². The molecule has 0 aliphatic carbocycles. The topological polar surface area (TPSA) is 42.4 Å². The lowest BCUT2D eigenvalue weighted by molar-refractivity contribution is 0.0778. The average molecular weight is 318 g/mol. The Morgan fingerprint density at radius 1 is 1.41 bits per heavy atom. The quantitative estimate of drug-likeness (QED) is 0.814. The zero-order valence-corrected chi connectivity index (χ0v) is 14.3. The number of ether oxygens (including phenoxy) is 1. The minimum atomic E-state index is 0.0173. The van der Waals surface area contributed by atoms with Gasteiger partial charge in [0.2, 0.25) is 0 Å². The van der Waals surface area contributed by atoms with E-state index in [1.165, 1.54) is 0 Å². The molecule has 4 nitrogen and oxygen atoms in total. The molecular weight excluding hydrogens is 296 g/mol. The normalized spacial score (nSPS) is 10.8. The third-order valence-electron chi connectivity index (χ3n) is 3.12. The van der Waals surface area contributed by atoms with Crippen molar-refractivity contribution in [3.05, 3.63) is 45.9 Å². The summed E-state index contributed by atoms with van der Waals surface area (Å²) in [5.41, 5.74) is 1.56. The number of hydrogen-bond acceptors (Lipinski definition) is 4. The molecule has 0 aliphatic heterocycles. The highest BCUT2D eigenvalue weighted by atomic mass is 32.1. The van der Waals surface area contributed by atoms with Gasteiger partial charge in [-0.1, -0.05) is 19.9 Å². The molecule has 0 fully saturated rings. The van der Waals surface area contributed by atoms with Crippen LogP contribution < -0.4 is 4.74 Å². The van der Waals surface area contributed by atoms with Gasteiger partial charge in [0.05, 0.1) is 10.7 Å². The molecule has 0 unspecified atom stereocenters. The Kier molecular flexibility index (Phi) is 5.55. The number of hydrogen-bond donors (Lipinski definition) is 0. The van der Waals surface area contributed by atoms with Crippen molar-refractivity contribution >= 4 is 17.2 Å². The van der Waals surface area contributed by atoms with E-state index in [0.29, 0.717) is 23.8 Å². The molecule has 0 bridgehead atoms. The van der Waals surface area contributed by atoms with E-state index >= 15 is 0 Å². The zero-order chi connectivity index (χ0) is 16.1. The first-order valence-corrected chi connectivity index (χ1v) is 8.23. The molecule has 0 saturated carbocycles. The second kappa shape index (κ2) is 7.40. The number of carbonyl (C=O) groups excluding carboxylic acids is 1. The van der Waals surface area contributed by atoms with E-state index in [0.717, 1.165) is 17.2 Å². The summed E-state index contributed by atoms with van der Waals surface area (Å²) < 4.78 is 5.73. The first-order valence-electron chi connectivity index (χ1n) is 7.35. The molecule has 0 saturated heterocycles. The third kappa shape index (κ3) is 4.56.